The van der Waals surface area contributed by atoms with E-state index >= 15 is 0 Å². The molecule has 1 aliphatic rings. The number of carbonyl (C=O) groups is 1. The van der Waals surface area contributed by atoms with Crippen molar-refractivity contribution in [3.63, 3.8) is 0 Å². The van der Waals surface area contributed by atoms with Crippen molar-refractivity contribution in [2.45, 2.75) is 19.3 Å². The van der Waals surface area contributed by atoms with Gasteiger partial charge in [-0.05, 0) is 31.4 Å². The van der Waals surface area contributed by atoms with Crippen molar-refractivity contribution in [2.75, 3.05) is 13.1 Å². The summed E-state index contributed by atoms with van der Waals surface area (Å²) >= 11 is 7.47. The lowest BCUT2D eigenvalue weighted by Crippen LogP contribution is -2.35. The maximum atomic E-state index is 12.4. The molecular formula is C15H15ClN2OS. The van der Waals surface area contributed by atoms with Crippen LogP contribution in [0.5, 0.6) is 0 Å². The number of thiazole rings is 1. The van der Waals surface area contributed by atoms with Crippen molar-refractivity contribution in [1.29, 1.82) is 0 Å². The minimum absolute atomic E-state index is 0.0502. The zero-order valence-electron chi connectivity index (χ0n) is 11.0. The quantitative estimate of drug-likeness (QED) is 0.837. The number of piperidine rings is 1. The first-order valence-corrected chi connectivity index (χ1v) is 8.00. The third-order valence-corrected chi connectivity index (χ3v) is 4.56. The van der Waals surface area contributed by atoms with Crippen LogP contribution in [0.3, 0.4) is 0 Å². The average molecular weight is 307 g/mol. The average Bonchev–Trinajstić information content (AvgIpc) is 2.97. The fourth-order valence-electron chi connectivity index (χ4n) is 2.39. The molecule has 0 radical (unpaired) electrons. The maximum absolute atomic E-state index is 12.4. The number of nitrogens with zero attached hydrogens (tertiary/aromatic N) is 2. The standard InChI is InChI=1S/C15H15ClN2OS/c16-12-6-4-5-11(9-12)14-17-13(10-20-14)15(19)18-7-2-1-3-8-18/h4-6,9-10H,1-3,7-8H2. The number of carbonyl (C=O) groups excluding carboxylic acids is 1. The molecule has 0 N–H and O–H groups in total. The van der Waals surface area contributed by atoms with Crippen molar-refractivity contribution in [3.05, 3.63) is 40.4 Å². The smallest absolute Gasteiger partial charge is 0.273 e. The molecule has 1 aromatic heterocycles. The summed E-state index contributed by atoms with van der Waals surface area (Å²) in [5, 5.41) is 3.36. The highest BCUT2D eigenvalue weighted by molar-refractivity contribution is 7.13. The number of halogens is 1. The molecule has 0 aliphatic carbocycles. The predicted molar refractivity (Wildman–Crippen MR) is 82.3 cm³/mol. The molecule has 1 aromatic carbocycles. The van der Waals surface area contributed by atoms with Crippen LogP contribution in [0, 0.1) is 0 Å². The van der Waals surface area contributed by atoms with Gasteiger partial charge in [0.1, 0.15) is 10.7 Å². The fourth-order valence-corrected chi connectivity index (χ4v) is 3.37. The molecule has 1 saturated heterocycles. The first-order valence-electron chi connectivity index (χ1n) is 6.75. The Labute approximate surface area is 127 Å². The number of hydrogen-bond donors (Lipinski definition) is 0. The summed E-state index contributed by atoms with van der Waals surface area (Å²) in [6, 6.07) is 7.55. The first kappa shape index (κ1) is 13.6. The van der Waals surface area contributed by atoms with Gasteiger partial charge < -0.3 is 4.90 Å². The van der Waals surface area contributed by atoms with Crippen molar-refractivity contribution < 1.29 is 4.79 Å². The molecule has 0 spiro atoms. The highest BCUT2D eigenvalue weighted by atomic mass is 35.5. The van der Waals surface area contributed by atoms with E-state index < -0.39 is 0 Å². The molecular weight excluding hydrogens is 292 g/mol. The molecule has 1 amide bonds. The van der Waals surface area contributed by atoms with Crippen LogP contribution in [-0.2, 0) is 0 Å². The summed E-state index contributed by atoms with van der Waals surface area (Å²) in [4.78, 5) is 18.7. The molecule has 3 rings (SSSR count). The van der Waals surface area contributed by atoms with Crippen molar-refractivity contribution in [3.8, 4) is 10.6 Å². The molecule has 0 bridgehead atoms. The lowest BCUT2D eigenvalue weighted by Gasteiger charge is -2.25. The summed E-state index contributed by atoms with van der Waals surface area (Å²) in [6.07, 6.45) is 3.41. The van der Waals surface area contributed by atoms with Crippen LogP contribution in [0.2, 0.25) is 5.02 Å². The first-order chi connectivity index (χ1) is 9.74. The largest absolute Gasteiger partial charge is 0.337 e. The molecule has 1 aliphatic heterocycles. The summed E-state index contributed by atoms with van der Waals surface area (Å²) in [7, 11) is 0. The van der Waals surface area contributed by atoms with E-state index in [1.54, 1.807) is 0 Å². The third kappa shape index (κ3) is 2.86. The Balaban J connectivity index is 1.81. The Bertz CT molecular complexity index is 620. The summed E-state index contributed by atoms with van der Waals surface area (Å²) in [6.45, 7) is 1.70. The van der Waals surface area contributed by atoms with Crippen LogP contribution in [0.1, 0.15) is 29.8 Å². The Morgan fingerprint density at radius 3 is 2.80 bits per heavy atom. The molecule has 5 heteroatoms. The van der Waals surface area contributed by atoms with E-state index in [-0.39, 0.29) is 5.91 Å². The molecule has 1 fully saturated rings. The van der Waals surface area contributed by atoms with Gasteiger partial charge >= 0.3 is 0 Å². The number of hydrogen-bond acceptors (Lipinski definition) is 3. The van der Waals surface area contributed by atoms with Gasteiger partial charge in [-0.1, -0.05) is 23.7 Å². The van der Waals surface area contributed by atoms with E-state index in [0.717, 1.165) is 36.5 Å². The zero-order valence-corrected chi connectivity index (χ0v) is 12.6. The van der Waals surface area contributed by atoms with Crippen LogP contribution in [0.4, 0.5) is 0 Å². The highest BCUT2D eigenvalue weighted by Gasteiger charge is 2.20. The highest BCUT2D eigenvalue weighted by Crippen LogP contribution is 2.26. The monoisotopic (exact) mass is 306 g/mol. The van der Waals surface area contributed by atoms with E-state index in [4.69, 9.17) is 11.6 Å². The number of aromatic nitrogens is 1. The second-order valence-corrected chi connectivity index (χ2v) is 6.20. The maximum Gasteiger partial charge on any atom is 0.273 e. The lowest BCUT2D eigenvalue weighted by molar-refractivity contribution is 0.0719. The van der Waals surface area contributed by atoms with Crippen LogP contribution >= 0.6 is 22.9 Å². The molecule has 104 valence electrons. The molecule has 2 aromatic rings. The van der Waals surface area contributed by atoms with Crippen LogP contribution in [-0.4, -0.2) is 28.9 Å². The van der Waals surface area contributed by atoms with Crippen LogP contribution in [0.25, 0.3) is 10.6 Å². The van der Waals surface area contributed by atoms with Crippen molar-refractivity contribution >= 4 is 28.8 Å². The van der Waals surface area contributed by atoms with Gasteiger partial charge in [-0.25, -0.2) is 4.98 Å². The minimum Gasteiger partial charge on any atom is -0.337 e. The number of amides is 1. The van der Waals surface area contributed by atoms with Gasteiger partial charge in [0.05, 0.1) is 0 Å². The number of benzene rings is 1. The van der Waals surface area contributed by atoms with Crippen LogP contribution < -0.4 is 0 Å². The third-order valence-electron chi connectivity index (χ3n) is 3.44. The van der Waals surface area contributed by atoms with Gasteiger partial charge in [-0.2, -0.15) is 0 Å². The molecule has 20 heavy (non-hydrogen) atoms. The van der Waals surface area contributed by atoms with E-state index in [9.17, 15) is 4.79 Å². The van der Waals surface area contributed by atoms with E-state index in [1.807, 2.05) is 34.5 Å². The van der Waals surface area contributed by atoms with Gasteiger partial charge in [0, 0.05) is 29.1 Å². The van der Waals surface area contributed by atoms with Crippen molar-refractivity contribution in [1.82, 2.24) is 9.88 Å². The van der Waals surface area contributed by atoms with Gasteiger partial charge in [0.15, 0.2) is 0 Å². The van der Waals surface area contributed by atoms with Gasteiger partial charge in [0.25, 0.3) is 5.91 Å². The SMILES string of the molecule is O=C(c1csc(-c2cccc(Cl)c2)n1)N1CCCCC1. The summed E-state index contributed by atoms with van der Waals surface area (Å²) < 4.78 is 0. The second kappa shape index (κ2) is 5.94. The summed E-state index contributed by atoms with van der Waals surface area (Å²) in [5.74, 6) is 0.0502. The Morgan fingerprint density at radius 1 is 1.25 bits per heavy atom. The topological polar surface area (TPSA) is 33.2 Å². The Hall–Kier alpha value is -1.39. The molecule has 0 saturated carbocycles. The number of rotatable bonds is 2. The molecule has 2 heterocycles. The van der Waals surface area contributed by atoms with Gasteiger partial charge in [-0.3, -0.25) is 4.79 Å². The predicted octanol–water partition coefficient (Wildman–Crippen LogP) is 4.09. The molecule has 0 unspecified atom stereocenters. The van der Waals surface area contributed by atoms with Crippen molar-refractivity contribution in [2.24, 2.45) is 0 Å². The van der Waals surface area contributed by atoms with E-state index in [0.29, 0.717) is 10.7 Å². The number of likely N-dealkylation sites (tertiary alicyclic amines) is 1. The minimum atomic E-state index is 0.0502. The normalized spacial score (nSPS) is 15.3. The molecule has 0 atom stereocenters. The summed E-state index contributed by atoms with van der Waals surface area (Å²) in [5.41, 5.74) is 1.51. The molecule has 3 nitrogen and oxygen atoms in total. The Kier molecular flexibility index (Phi) is 4.03. The lowest BCUT2D eigenvalue weighted by atomic mass is 10.1. The van der Waals surface area contributed by atoms with Gasteiger partial charge in [0.2, 0.25) is 0 Å². The van der Waals surface area contributed by atoms with E-state index in [2.05, 4.69) is 4.98 Å². The second-order valence-electron chi connectivity index (χ2n) is 4.90. The van der Waals surface area contributed by atoms with Crippen LogP contribution in [0.15, 0.2) is 29.6 Å². The fraction of sp³-hybridized carbons (Fsp3) is 0.333. The van der Waals surface area contributed by atoms with Gasteiger partial charge in [-0.15, -0.1) is 11.3 Å². The van der Waals surface area contributed by atoms with E-state index in [1.165, 1.54) is 17.8 Å². The Morgan fingerprint density at radius 2 is 2.05 bits per heavy atom. The zero-order chi connectivity index (χ0) is 13.9.